The molecule has 0 atom stereocenters. The van der Waals surface area contributed by atoms with Gasteiger partial charge in [-0.1, -0.05) is 30.3 Å². The van der Waals surface area contributed by atoms with Crippen molar-refractivity contribution in [3.8, 4) is 0 Å². The van der Waals surface area contributed by atoms with Crippen molar-refractivity contribution in [3.63, 3.8) is 0 Å². The van der Waals surface area contributed by atoms with Gasteiger partial charge in [-0.2, -0.15) is 13.2 Å². The van der Waals surface area contributed by atoms with Crippen LogP contribution in [-0.4, -0.2) is 27.9 Å². The van der Waals surface area contributed by atoms with Crippen LogP contribution in [0.3, 0.4) is 0 Å². The average molecular weight is 477 g/mol. The molecule has 1 aromatic heterocycles. The minimum absolute atomic E-state index is 0.0623. The summed E-state index contributed by atoms with van der Waals surface area (Å²) in [5.74, 6) is -0.500. The Labute approximate surface area is 193 Å². The predicted molar refractivity (Wildman–Crippen MR) is 121 cm³/mol. The Morgan fingerprint density at radius 3 is 2.48 bits per heavy atom. The van der Waals surface area contributed by atoms with Crippen molar-refractivity contribution in [1.82, 2.24) is 15.2 Å². The first-order valence-electron chi connectivity index (χ1n) is 10.1. The van der Waals surface area contributed by atoms with E-state index in [1.54, 1.807) is 22.4 Å². The largest absolute Gasteiger partial charge is 0.416 e. The van der Waals surface area contributed by atoms with Gasteiger partial charge in [-0.05, 0) is 43.7 Å². The van der Waals surface area contributed by atoms with E-state index in [4.69, 9.17) is 0 Å². The summed E-state index contributed by atoms with van der Waals surface area (Å²) in [5, 5.41) is 7.54. The summed E-state index contributed by atoms with van der Waals surface area (Å²) >= 11 is 1.23. The SMILES string of the molecule is CC(C)N(Cc1nc(C(=O)NCc2cccc(C(F)(F)F)c2)cs1)C(=O)Nc1ccccc1. The zero-order valence-electron chi connectivity index (χ0n) is 18.0. The van der Waals surface area contributed by atoms with Gasteiger partial charge in [0.15, 0.2) is 0 Å². The molecule has 33 heavy (non-hydrogen) atoms. The van der Waals surface area contributed by atoms with Gasteiger partial charge in [0, 0.05) is 23.7 Å². The molecule has 0 radical (unpaired) electrons. The molecule has 1 heterocycles. The molecule has 0 aliphatic rings. The second-order valence-electron chi connectivity index (χ2n) is 7.53. The average Bonchev–Trinajstić information content (AvgIpc) is 3.25. The Morgan fingerprint density at radius 2 is 1.82 bits per heavy atom. The molecule has 0 aliphatic heterocycles. The number of rotatable bonds is 7. The van der Waals surface area contributed by atoms with Gasteiger partial charge in [-0.3, -0.25) is 4.79 Å². The normalized spacial score (nSPS) is 11.3. The lowest BCUT2D eigenvalue weighted by Gasteiger charge is -2.26. The van der Waals surface area contributed by atoms with Crippen LogP contribution in [0.5, 0.6) is 0 Å². The Kier molecular flexibility index (Phi) is 7.70. The van der Waals surface area contributed by atoms with Crippen LogP contribution in [0, 0.1) is 0 Å². The maximum atomic E-state index is 12.8. The number of amides is 3. The molecular weight excluding hydrogens is 453 g/mol. The van der Waals surface area contributed by atoms with Crippen molar-refractivity contribution in [2.45, 2.75) is 39.2 Å². The van der Waals surface area contributed by atoms with Crippen LogP contribution in [0.4, 0.5) is 23.7 Å². The lowest BCUT2D eigenvalue weighted by molar-refractivity contribution is -0.137. The quantitative estimate of drug-likeness (QED) is 0.471. The molecule has 0 saturated carbocycles. The molecule has 2 N–H and O–H groups in total. The number of nitrogens with one attached hydrogen (secondary N) is 2. The molecule has 3 rings (SSSR count). The molecular formula is C23H23F3N4O2S. The summed E-state index contributed by atoms with van der Waals surface area (Å²) < 4.78 is 38.5. The van der Waals surface area contributed by atoms with Gasteiger partial charge in [0.2, 0.25) is 0 Å². The van der Waals surface area contributed by atoms with Crippen LogP contribution in [-0.2, 0) is 19.3 Å². The van der Waals surface area contributed by atoms with E-state index in [9.17, 15) is 22.8 Å². The minimum atomic E-state index is -4.45. The van der Waals surface area contributed by atoms with Gasteiger partial charge in [-0.15, -0.1) is 11.3 Å². The number of anilines is 1. The van der Waals surface area contributed by atoms with E-state index in [0.29, 0.717) is 16.3 Å². The highest BCUT2D eigenvalue weighted by Crippen LogP contribution is 2.29. The van der Waals surface area contributed by atoms with Crippen molar-refractivity contribution in [2.24, 2.45) is 0 Å². The molecule has 0 unspecified atom stereocenters. The second-order valence-corrected chi connectivity index (χ2v) is 8.47. The molecule has 3 aromatic rings. The molecule has 0 aliphatic carbocycles. The van der Waals surface area contributed by atoms with E-state index in [1.165, 1.54) is 23.5 Å². The summed E-state index contributed by atoms with van der Waals surface area (Å²) in [6, 6.07) is 13.4. The molecule has 0 fully saturated rings. The van der Waals surface area contributed by atoms with E-state index < -0.39 is 17.6 Å². The Morgan fingerprint density at radius 1 is 1.09 bits per heavy atom. The standard InChI is InChI=1S/C23H23F3N4O2S/c1-15(2)30(22(32)28-18-9-4-3-5-10-18)13-20-29-19(14-33-20)21(31)27-12-16-7-6-8-17(11-16)23(24,25)26/h3-11,14-15H,12-13H2,1-2H3,(H,27,31)(H,28,32). The fraction of sp³-hybridized carbons (Fsp3) is 0.261. The molecule has 10 heteroatoms. The molecule has 2 aromatic carbocycles. The Bertz CT molecular complexity index is 1100. The molecule has 6 nitrogen and oxygen atoms in total. The molecule has 3 amide bonds. The van der Waals surface area contributed by atoms with Crippen LogP contribution in [0.25, 0.3) is 0 Å². The monoisotopic (exact) mass is 476 g/mol. The highest BCUT2D eigenvalue weighted by molar-refractivity contribution is 7.09. The number of carbonyl (C=O) groups excluding carboxylic acids is 2. The van der Waals surface area contributed by atoms with E-state index in [-0.39, 0.29) is 30.9 Å². The third-order valence-corrected chi connectivity index (χ3v) is 5.54. The van der Waals surface area contributed by atoms with Crippen molar-refractivity contribution < 1.29 is 22.8 Å². The minimum Gasteiger partial charge on any atom is -0.347 e. The number of aromatic nitrogens is 1. The van der Waals surface area contributed by atoms with Crippen molar-refractivity contribution in [1.29, 1.82) is 0 Å². The van der Waals surface area contributed by atoms with Gasteiger partial charge in [-0.25, -0.2) is 9.78 Å². The van der Waals surface area contributed by atoms with Crippen molar-refractivity contribution in [3.05, 3.63) is 81.8 Å². The third-order valence-electron chi connectivity index (χ3n) is 4.71. The summed E-state index contributed by atoms with van der Waals surface area (Å²) in [4.78, 5) is 31.0. The number of hydrogen-bond acceptors (Lipinski definition) is 4. The van der Waals surface area contributed by atoms with Gasteiger partial charge in [0.1, 0.15) is 10.7 Å². The van der Waals surface area contributed by atoms with Crippen molar-refractivity contribution in [2.75, 3.05) is 5.32 Å². The summed E-state index contributed by atoms with van der Waals surface area (Å²) in [7, 11) is 0. The molecule has 0 bridgehead atoms. The number of nitrogens with zero attached hydrogens (tertiary/aromatic N) is 2. The lowest BCUT2D eigenvalue weighted by atomic mass is 10.1. The zero-order valence-corrected chi connectivity index (χ0v) is 18.8. The predicted octanol–water partition coefficient (Wildman–Crippen LogP) is 5.53. The van der Waals surface area contributed by atoms with Crippen LogP contribution >= 0.6 is 11.3 Å². The van der Waals surface area contributed by atoms with Crippen LogP contribution in [0.1, 0.15) is 40.5 Å². The fourth-order valence-corrected chi connectivity index (χ4v) is 3.74. The van der Waals surface area contributed by atoms with E-state index in [2.05, 4.69) is 15.6 Å². The maximum Gasteiger partial charge on any atom is 0.416 e. The van der Waals surface area contributed by atoms with Crippen molar-refractivity contribution >= 4 is 29.0 Å². The summed E-state index contributed by atoms with van der Waals surface area (Å²) in [6.07, 6.45) is -4.45. The van der Waals surface area contributed by atoms with E-state index in [0.717, 1.165) is 12.1 Å². The van der Waals surface area contributed by atoms with Gasteiger partial charge in [0.25, 0.3) is 5.91 Å². The van der Waals surface area contributed by atoms with E-state index in [1.807, 2.05) is 32.0 Å². The van der Waals surface area contributed by atoms with Gasteiger partial charge < -0.3 is 15.5 Å². The smallest absolute Gasteiger partial charge is 0.347 e. The summed E-state index contributed by atoms with van der Waals surface area (Å²) in [6.45, 7) is 3.90. The molecule has 0 spiro atoms. The number of carbonyl (C=O) groups is 2. The highest BCUT2D eigenvalue weighted by atomic mass is 32.1. The Hall–Kier alpha value is -3.40. The second kappa shape index (κ2) is 10.5. The maximum absolute atomic E-state index is 12.8. The highest BCUT2D eigenvalue weighted by Gasteiger charge is 2.30. The number of benzene rings is 2. The number of halogens is 3. The Balaban J connectivity index is 1.61. The number of urea groups is 1. The van der Waals surface area contributed by atoms with Gasteiger partial charge in [0.05, 0.1) is 12.1 Å². The van der Waals surface area contributed by atoms with Crippen LogP contribution in [0.2, 0.25) is 0 Å². The first kappa shape index (κ1) is 24.2. The molecule has 174 valence electrons. The van der Waals surface area contributed by atoms with Crippen LogP contribution < -0.4 is 10.6 Å². The van der Waals surface area contributed by atoms with Gasteiger partial charge >= 0.3 is 12.2 Å². The fourth-order valence-electron chi connectivity index (χ4n) is 2.97. The zero-order chi connectivity index (χ0) is 24.0. The topological polar surface area (TPSA) is 74.3 Å². The number of para-hydroxylation sites is 1. The first-order valence-corrected chi connectivity index (χ1v) is 11.0. The summed E-state index contributed by atoms with van der Waals surface area (Å²) in [5.41, 5.74) is 0.376. The van der Waals surface area contributed by atoms with Crippen LogP contribution in [0.15, 0.2) is 60.0 Å². The number of hydrogen-bond donors (Lipinski definition) is 2. The van der Waals surface area contributed by atoms with E-state index >= 15 is 0 Å². The number of alkyl halides is 3. The molecule has 0 saturated heterocycles. The lowest BCUT2D eigenvalue weighted by Crippen LogP contribution is -2.39. The number of thiazole rings is 1. The third kappa shape index (κ3) is 6.79. The first-order chi connectivity index (χ1) is 15.6.